The Kier molecular flexibility index (Phi) is 6.06. The Morgan fingerprint density at radius 3 is 2.42 bits per heavy atom. The Hall–Kier alpha value is -3.17. The molecule has 9 heteroatoms. The molecule has 1 aromatic heterocycles. The van der Waals surface area contributed by atoms with Crippen LogP contribution in [0.15, 0.2) is 64.0 Å². The molecule has 4 rings (SSSR count). The highest BCUT2D eigenvalue weighted by molar-refractivity contribution is 7.89. The van der Waals surface area contributed by atoms with Gasteiger partial charge >= 0.3 is 0 Å². The van der Waals surface area contributed by atoms with Crippen molar-refractivity contribution in [1.29, 1.82) is 0 Å². The van der Waals surface area contributed by atoms with Crippen LogP contribution in [0.1, 0.15) is 28.9 Å². The molecule has 2 aromatic carbocycles. The van der Waals surface area contributed by atoms with Crippen LogP contribution in [0.2, 0.25) is 0 Å². The maximum atomic E-state index is 12.6. The van der Waals surface area contributed by atoms with E-state index in [4.69, 9.17) is 9.26 Å². The van der Waals surface area contributed by atoms with E-state index in [-0.39, 0.29) is 17.3 Å². The van der Waals surface area contributed by atoms with Crippen molar-refractivity contribution in [3.8, 4) is 17.1 Å². The predicted molar refractivity (Wildman–Crippen MR) is 114 cm³/mol. The topological polar surface area (TPSA) is 102 Å². The Balaban J connectivity index is 1.37. The third kappa shape index (κ3) is 4.62. The lowest BCUT2D eigenvalue weighted by molar-refractivity contribution is 0.0950. The zero-order valence-corrected chi connectivity index (χ0v) is 17.9. The summed E-state index contributed by atoms with van der Waals surface area (Å²) in [6, 6.07) is 15.1. The van der Waals surface area contributed by atoms with Crippen LogP contribution >= 0.6 is 0 Å². The summed E-state index contributed by atoms with van der Waals surface area (Å²) in [4.78, 5) is 12.6. The lowest BCUT2D eigenvalue weighted by atomic mass is 10.1. The van der Waals surface area contributed by atoms with Gasteiger partial charge in [-0.2, -0.15) is 4.31 Å². The number of rotatable bonds is 7. The van der Waals surface area contributed by atoms with E-state index in [1.807, 2.05) is 24.3 Å². The van der Waals surface area contributed by atoms with Crippen LogP contribution < -0.4 is 10.1 Å². The number of nitrogens with one attached hydrogen (secondary N) is 1. The second-order valence-electron chi connectivity index (χ2n) is 7.23. The predicted octanol–water partition coefficient (Wildman–Crippen LogP) is 3.06. The summed E-state index contributed by atoms with van der Waals surface area (Å²) in [6.45, 7) is 1.27. The SMILES string of the molecule is COc1ccc(-c2cc(CNC(=O)c3ccc(S(=O)(=O)N4CCCC4)cc3)no2)cc1. The summed E-state index contributed by atoms with van der Waals surface area (Å²) in [5.74, 6) is 1.01. The summed E-state index contributed by atoms with van der Waals surface area (Å²) in [5, 5.41) is 6.76. The van der Waals surface area contributed by atoms with Crippen molar-refractivity contribution in [2.24, 2.45) is 0 Å². The number of benzene rings is 2. The van der Waals surface area contributed by atoms with Gasteiger partial charge in [0.15, 0.2) is 5.76 Å². The number of hydrogen-bond acceptors (Lipinski definition) is 6. The van der Waals surface area contributed by atoms with Crippen molar-refractivity contribution in [3.63, 3.8) is 0 Å². The molecule has 1 fully saturated rings. The largest absolute Gasteiger partial charge is 0.497 e. The van der Waals surface area contributed by atoms with E-state index in [2.05, 4.69) is 10.5 Å². The molecular formula is C22H23N3O5S. The molecule has 0 bridgehead atoms. The molecule has 0 aliphatic carbocycles. The first-order valence-electron chi connectivity index (χ1n) is 9.96. The fourth-order valence-corrected chi connectivity index (χ4v) is 4.93. The Morgan fingerprint density at radius 2 is 1.77 bits per heavy atom. The smallest absolute Gasteiger partial charge is 0.251 e. The van der Waals surface area contributed by atoms with Gasteiger partial charge < -0.3 is 14.6 Å². The number of hydrogen-bond donors (Lipinski definition) is 1. The number of sulfonamides is 1. The molecule has 1 saturated heterocycles. The van der Waals surface area contributed by atoms with E-state index >= 15 is 0 Å². The van der Waals surface area contributed by atoms with Crippen LogP contribution in [0.4, 0.5) is 0 Å². The van der Waals surface area contributed by atoms with Crippen molar-refractivity contribution < 1.29 is 22.5 Å². The van der Waals surface area contributed by atoms with E-state index in [0.29, 0.717) is 30.1 Å². The summed E-state index contributed by atoms with van der Waals surface area (Å²) in [5.41, 5.74) is 1.80. The fraction of sp³-hybridized carbons (Fsp3) is 0.273. The fourth-order valence-electron chi connectivity index (χ4n) is 3.42. The molecule has 2 heterocycles. The maximum Gasteiger partial charge on any atom is 0.251 e. The zero-order chi connectivity index (χ0) is 21.8. The van der Waals surface area contributed by atoms with Crippen LogP contribution in [0.5, 0.6) is 5.75 Å². The van der Waals surface area contributed by atoms with Crippen molar-refractivity contribution in [2.75, 3.05) is 20.2 Å². The van der Waals surface area contributed by atoms with E-state index in [9.17, 15) is 13.2 Å². The molecule has 1 amide bonds. The van der Waals surface area contributed by atoms with Gasteiger partial charge in [0.1, 0.15) is 11.4 Å². The number of carbonyl (C=O) groups excluding carboxylic acids is 1. The monoisotopic (exact) mass is 441 g/mol. The van der Waals surface area contributed by atoms with E-state index in [1.54, 1.807) is 13.2 Å². The standard InChI is InChI=1S/C22H23N3O5S/c1-29-19-8-4-16(5-9-19)21-14-18(24-30-21)15-23-22(26)17-6-10-20(11-7-17)31(27,28)25-12-2-3-13-25/h4-11,14H,2-3,12-13,15H2,1H3,(H,23,26). The lowest BCUT2D eigenvalue weighted by Crippen LogP contribution is -2.28. The Bertz CT molecular complexity index is 1150. The third-order valence-corrected chi connectivity index (χ3v) is 7.10. The molecule has 31 heavy (non-hydrogen) atoms. The molecule has 1 aliphatic heterocycles. The highest BCUT2D eigenvalue weighted by Gasteiger charge is 2.27. The minimum absolute atomic E-state index is 0.187. The van der Waals surface area contributed by atoms with Gasteiger partial charge in [-0.05, 0) is 61.4 Å². The van der Waals surface area contributed by atoms with Gasteiger partial charge in [-0.1, -0.05) is 5.16 Å². The molecule has 1 N–H and O–H groups in total. The first-order chi connectivity index (χ1) is 15.0. The Morgan fingerprint density at radius 1 is 1.10 bits per heavy atom. The molecule has 0 saturated carbocycles. The second-order valence-corrected chi connectivity index (χ2v) is 9.17. The molecule has 0 spiro atoms. The lowest BCUT2D eigenvalue weighted by Gasteiger charge is -2.15. The Labute approximate surface area is 180 Å². The average Bonchev–Trinajstić information content (AvgIpc) is 3.50. The van der Waals surface area contributed by atoms with Gasteiger partial charge in [0.25, 0.3) is 5.91 Å². The number of carbonyl (C=O) groups is 1. The summed E-state index contributed by atoms with van der Waals surface area (Å²) >= 11 is 0. The quantitative estimate of drug-likeness (QED) is 0.605. The van der Waals surface area contributed by atoms with Gasteiger partial charge in [0, 0.05) is 30.3 Å². The highest BCUT2D eigenvalue weighted by Crippen LogP contribution is 2.23. The van der Waals surface area contributed by atoms with Crippen LogP contribution in [0, 0.1) is 0 Å². The van der Waals surface area contributed by atoms with Crippen molar-refractivity contribution >= 4 is 15.9 Å². The molecule has 3 aromatic rings. The number of ether oxygens (including phenoxy) is 1. The number of amides is 1. The number of aromatic nitrogens is 1. The second kappa shape index (κ2) is 8.91. The molecule has 1 aliphatic rings. The minimum atomic E-state index is -3.49. The minimum Gasteiger partial charge on any atom is -0.497 e. The van der Waals surface area contributed by atoms with E-state index in [0.717, 1.165) is 24.2 Å². The van der Waals surface area contributed by atoms with Gasteiger partial charge in [0.05, 0.1) is 18.6 Å². The van der Waals surface area contributed by atoms with Crippen molar-refractivity contribution in [1.82, 2.24) is 14.8 Å². The molecule has 0 atom stereocenters. The average molecular weight is 442 g/mol. The van der Waals surface area contributed by atoms with Crippen LogP contribution in [-0.4, -0.2) is 44.0 Å². The summed E-state index contributed by atoms with van der Waals surface area (Å²) in [6.07, 6.45) is 1.75. The molecular weight excluding hydrogens is 418 g/mol. The normalized spacial score (nSPS) is 14.5. The van der Waals surface area contributed by atoms with E-state index < -0.39 is 10.0 Å². The third-order valence-electron chi connectivity index (χ3n) is 5.18. The first-order valence-corrected chi connectivity index (χ1v) is 11.4. The molecule has 162 valence electrons. The molecule has 0 radical (unpaired) electrons. The zero-order valence-electron chi connectivity index (χ0n) is 17.1. The summed E-state index contributed by atoms with van der Waals surface area (Å²) < 4.78 is 37.1. The van der Waals surface area contributed by atoms with Gasteiger partial charge in [-0.3, -0.25) is 4.79 Å². The maximum absolute atomic E-state index is 12.6. The van der Waals surface area contributed by atoms with Crippen LogP contribution in [-0.2, 0) is 16.6 Å². The van der Waals surface area contributed by atoms with E-state index in [1.165, 1.54) is 28.6 Å². The summed E-state index contributed by atoms with van der Waals surface area (Å²) in [7, 11) is -1.89. The van der Waals surface area contributed by atoms with Crippen molar-refractivity contribution in [3.05, 3.63) is 65.9 Å². The highest BCUT2D eigenvalue weighted by atomic mass is 32.2. The van der Waals surface area contributed by atoms with Crippen LogP contribution in [0.3, 0.4) is 0 Å². The van der Waals surface area contributed by atoms with Gasteiger partial charge in [-0.15, -0.1) is 0 Å². The van der Waals surface area contributed by atoms with Gasteiger partial charge in [0.2, 0.25) is 10.0 Å². The molecule has 0 unspecified atom stereocenters. The van der Waals surface area contributed by atoms with Crippen molar-refractivity contribution in [2.45, 2.75) is 24.3 Å². The number of methoxy groups -OCH3 is 1. The van der Waals surface area contributed by atoms with Gasteiger partial charge in [-0.25, -0.2) is 8.42 Å². The molecule has 8 nitrogen and oxygen atoms in total. The first kappa shape index (κ1) is 21.1. The number of nitrogens with zero attached hydrogens (tertiary/aromatic N) is 2. The van der Waals surface area contributed by atoms with Crippen LogP contribution in [0.25, 0.3) is 11.3 Å².